The van der Waals surface area contributed by atoms with E-state index in [4.69, 9.17) is 14.2 Å². The summed E-state index contributed by atoms with van der Waals surface area (Å²) >= 11 is 0. The molecule has 9 nitrogen and oxygen atoms in total. The third-order valence-electron chi connectivity index (χ3n) is 7.48. The van der Waals surface area contributed by atoms with Crippen molar-refractivity contribution < 1.29 is 36.9 Å². The highest BCUT2D eigenvalue weighted by Gasteiger charge is 2.48. The zero-order chi connectivity index (χ0) is 28.2. The molecule has 1 fully saturated rings. The first-order chi connectivity index (χ1) is 18.7. The summed E-state index contributed by atoms with van der Waals surface area (Å²) in [6.45, 7) is 5.23. The maximum absolute atomic E-state index is 14.8. The molecule has 2 aliphatic heterocycles. The van der Waals surface area contributed by atoms with Crippen LogP contribution in [0.3, 0.4) is 0 Å². The molecule has 0 saturated carbocycles. The molecule has 0 radical (unpaired) electrons. The maximum Gasteiger partial charge on any atom is 0.309 e. The van der Waals surface area contributed by atoms with Crippen LogP contribution in [0.4, 0.5) is 4.39 Å². The van der Waals surface area contributed by atoms with Crippen molar-refractivity contribution >= 4 is 16.0 Å². The fourth-order valence-corrected chi connectivity index (χ4v) is 7.27. The van der Waals surface area contributed by atoms with Crippen LogP contribution >= 0.6 is 0 Å². The largest absolute Gasteiger partial charge is 0.494 e. The molecular weight excluding hydrogens is 527 g/mol. The average Bonchev–Trinajstić information content (AvgIpc) is 3.54. The molecular formula is C28H37FN2O7S. The summed E-state index contributed by atoms with van der Waals surface area (Å²) in [6, 6.07) is 9.22. The number of rotatable bonds is 13. The Morgan fingerprint density at radius 2 is 1.85 bits per heavy atom. The Balaban J connectivity index is 1.69. The van der Waals surface area contributed by atoms with Gasteiger partial charge in [0.25, 0.3) is 0 Å². The first kappa shape index (κ1) is 29.1. The molecule has 0 aliphatic carbocycles. The number of methoxy groups -OCH3 is 1. The van der Waals surface area contributed by atoms with E-state index in [1.165, 1.54) is 23.5 Å². The smallest absolute Gasteiger partial charge is 0.309 e. The van der Waals surface area contributed by atoms with E-state index in [9.17, 15) is 22.7 Å². The molecule has 1 saturated heterocycles. The van der Waals surface area contributed by atoms with Crippen molar-refractivity contribution in [3.8, 4) is 17.2 Å². The highest BCUT2D eigenvalue weighted by Crippen LogP contribution is 2.48. The number of carboxylic acid groups (broad SMARTS) is 1. The van der Waals surface area contributed by atoms with Gasteiger partial charge >= 0.3 is 5.97 Å². The van der Waals surface area contributed by atoms with Gasteiger partial charge in [0.05, 0.1) is 18.8 Å². The zero-order valence-electron chi connectivity index (χ0n) is 22.6. The predicted molar refractivity (Wildman–Crippen MR) is 144 cm³/mol. The highest BCUT2D eigenvalue weighted by molar-refractivity contribution is 7.89. The van der Waals surface area contributed by atoms with Gasteiger partial charge in [0.2, 0.25) is 16.8 Å². The fourth-order valence-electron chi connectivity index (χ4n) is 5.54. The number of likely N-dealkylation sites (tertiary alicyclic amines) is 1. The molecule has 0 bridgehead atoms. The molecule has 2 aliphatic rings. The molecule has 11 heteroatoms. The number of carbonyl (C=O) groups is 1. The van der Waals surface area contributed by atoms with E-state index in [-0.39, 0.29) is 24.8 Å². The van der Waals surface area contributed by atoms with Crippen molar-refractivity contribution in [3.63, 3.8) is 0 Å². The first-order valence-electron chi connectivity index (χ1n) is 13.4. The van der Waals surface area contributed by atoms with Gasteiger partial charge in [0, 0.05) is 38.1 Å². The number of ether oxygens (including phenoxy) is 3. The van der Waals surface area contributed by atoms with Gasteiger partial charge in [0.1, 0.15) is 0 Å². The highest BCUT2D eigenvalue weighted by atomic mass is 32.2. The molecule has 2 aromatic carbocycles. The van der Waals surface area contributed by atoms with Gasteiger partial charge in [-0.25, -0.2) is 17.1 Å². The van der Waals surface area contributed by atoms with Crippen molar-refractivity contribution in [1.29, 1.82) is 0 Å². The number of hydrogen-bond acceptors (Lipinski definition) is 7. The van der Waals surface area contributed by atoms with Crippen LogP contribution in [0, 0.1) is 11.7 Å². The summed E-state index contributed by atoms with van der Waals surface area (Å²) < 4.78 is 58.4. The SMILES string of the molecule is CCCCS(=O)(=O)N(CCC)CCN1C[C@H](c2ccc3c(c2)OCO3)[C@H](C(=O)O)[C@H]1c1ccc(OC)c(F)c1. The van der Waals surface area contributed by atoms with Crippen molar-refractivity contribution in [2.24, 2.45) is 5.92 Å². The van der Waals surface area contributed by atoms with E-state index in [1.807, 2.05) is 24.8 Å². The van der Waals surface area contributed by atoms with Gasteiger partial charge in [-0.3, -0.25) is 9.69 Å². The van der Waals surface area contributed by atoms with Crippen LogP contribution in [0.2, 0.25) is 0 Å². The van der Waals surface area contributed by atoms with Gasteiger partial charge in [-0.2, -0.15) is 0 Å². The number of aliphatic carboxylic acids is 1. The molecule has 3 atom stereocenters. The Morgan fingerprint density at radius 1 is 1.10 bits per heavy atom. The number of halogens is 1. The van der Waals surface area contributed by atoms with E-state index in [0.29, 0.717) is 49.5 Å². The minimum atomic E-state index is -3.46. The van der Waals surface area contributed by atoms with Crippen molar-refractivity contribution in [3.05, 3.63) is 53.3 Å². The van der Waals surface area contributed by atoms with Gasteiger partial charge in [0.15, 0.2) is 23.1 Å². The van der Waals surface area contributed by atoms with Crippen LogP contribution in [0.15, 0.2) is 36.4 Å². The van der Waals surface area contributed by atoms with Gasteiger partial charge in [-0.1, -0.05) is 32.4 Å². The standard InChI is InChI=1S/C28H37FN2O7S/c1-4-6-14-39(34,35)31(11-5-2)13-12-30-17-21(19-7-10-24-25(16-19)38-18-37-24)26(28(32)33)27(30)20-8-9-23(36-3)22(29)15-20/h7-10,15-16,21,26-27H,4-6,11-14,17-18H2,1-3H3,(H,32,33)/t21-,26+,27-/m1/s1. The van der Waals surface area contributed by atoms with Crippen molar-refractivity contribution in [2.75, 3.05) is 45.8 Å². The van der Waals surface area contributed by atoms with Crippen LogP contribution in [0.5, 0.6) is 17.2 Å². The third kappa shape index (κ3) is 6.31. The molecule has 0 unspecified atom stereocenters. The lowest BCUT2D eigenvalue weighted by Crippen LogP contribution is -2.40. The molecule has 2 aromatic rings. The molecule has 0 aromatic heterocycles. The minimum Gasteiger partial charge on any atom is -0.494 e. The van der Waals surface area contributed by atoms with E-state index in [0.717, 1.165) is 12.0 Å². The summed E-state index contributed by atoms with van der Waals surface area (Å²) in [5.74, 6) is -1.65. The molecule has 1 N–H and O–H groups in total. The van der Waals surface area contributed by atoms with E-state index < -0.39 is 39.7 Å². The van der Waals surface area contributed by atoms with Crippen LogP contribution in [0.25, 0.3) is 0 Å². The van der Waals surface area contributed by atoms with Gasteiger partial charge in [-0.15, -0.1) is 0 Å². The lowest BCUT2D eigenvalue weighted by molar-refractivity contribution is -0.143. The molecule has 39 heavy (non-hydrogen) atoms. The summed E-state index contributed by atoms with van der Waals surface area (Å²) in [6.07, 6.45) is 2.01. The van der Waals surface area contributed by atoms with Gasteiger partial charge in [-0.05, 0) is 48.2 Å². The summed E-state index contributed by atoms with van der Waals surface area (Å²) in [7, 11) is -2.08. The number of benzene rings is 2. The number of unbranched alkanes of at least 4 members (excludes halogenated alkanes) is 1. The number of nitrogens with zero attached hydrogens (tertiary/aromatic N) is 2. The number of hydrogen-bond donors (Lipinski definition) is 1. The van der Waals surface area contributed by atoms with Crippen LogP contribution < -0.4 is 14.2 Å². The Bertz CT molecular complexity index is 1270. The Hall–Kier alpha value is -2.89. The lowest BCUT2D eigenvalue weighted by atomic mass is 9.82. The summed E-state index contributed by atoms with van der Waals surface area (Å²) in [5.41, 5.74) is 1.27. The second-order valence-corrected chi connectivity index (χ2v) is 12.1. The molecule has 2 heterocycles. The zero-order valence-corrected chi connectivity index (χ0v) is 23.5. The monoisotopic (exact) mass is 564 g/mol. The predicted octanol–water partition coefficient (Wildman–Crippen LogP) is 4.25. The Morgan fingerprint density at radius 3 is 2.51 bits per heavy atom. The maximum atomic E-state index is 14.8. The summed E-state index contributed by atoms with van der Waals surface area (Å²) in [4.78, 5) is 14.7. The van der Waals surface area contributed by atoms with Crippen LogP contribution in [-0.4, -0.2) is 74.5 Å². The van der Waals surface area contributed by atoms with E-state index >= 15 is 0 Å². The topological polar surface area (TPSA) is 106 Å². The second kappa shape index (κ2) is 12.5. The van der Waals surface area contributed by atoms with Crippen molar-refractivity contribution in [1.82, 2.24) is 9.21 Å². The normalized spacial score (nSPS) is 21.0. The lowest BCUT2D eigenvalue weighted by Gasteiger charge is -2.30. The van der Waals surface area contributed by atoms with Crippen LogP contribution in [0.1, 0.15) is 56.2 Å². The number of sulfonamides is 1. The first-order valence-corrected chi connectivity index (χ1v) is 15.0. The van der Waals surface area contributed by atoms with Crippen molar-refractivity contribution in [2.45, 2.75) is 45.1 Å². The fraction of sp³-hybridized carbons (Fsp3) is 0.536. The summed E-state index contributed by atoms with van der Waals surface area (Å²) in [5, 5.41) is 10.4. The quantitative estimate of drug-likeness (QED) is 0.385. The Kier molecular flexibility index (Phi) is 9.35. The number of carboxylic acids is 1. The minimum absolute atomic E-state index is 0.0682. The molecule has 4 rings (SSSR count). The number of fused-ring (bicyclic) bond motifs is 1. The average molecular weight is 565 g/mol. The third-order valence-corrected chi connectivity index (χ3v) is 9.44. The van der Waals surface area contributed by atoms with Gasteiger partial charge < -0.3 is 19.3 Å². The molecule has 0 amide bonds. The molecule has 214 valence electrons. The van der Waals surface area contributed by atoms with E-state index in [1.54, 1.807) is 18.2 Å². The molecule has 0 spiro atoms. The van der Waals surface area contributed by atoms with E-state index in [2.05, 4.69) is 0 Å². The second-order valence-electron chi connectivity index (χ2n) is 9.99. The van der Waals surface area contributed by atoms with Crippen LogP contribution in [-0.2, 0) is 14.8 Å². The Labute approximate surface area is 229 Å².